The molecule has 0 amide bonds. The summed E-state index contributed by atoms with van der Waals surface area (Å²) < 4.78 is 12.6. The number of nitrogens with one attached hydrogen (secondary N) is 1. The van der Waals surface area contributed by atoms with Crippen LogP contribution in [0.4, 0.5) is 4.39 Å². The predicted molar refractivity (Wildman–Crippen MR) is 58.9 cm³/mol. The first-order chi connectivity index (χ1) is 7.25. The number of nitrogens with two attached hydrogens (primary N) is 1. The maximum Gasteiger partial charge on any atom is 0.123 e. The molecule has 1 aromatic rings. The van der Waals surface area contributed by atoms with Gasteiger partial charge in [0.1, 0.15) is 5.82 Å². The van der Waals surface area contributed by atoms with Crippen molar-refractivity contribution in [3.8, 4) is 0 Å². The third-order valence-electron chi connectivity index (χ3n) is 3.05. The fraction of sp³-hybridized carbons (Fsp3) is 0.500. The van der Waals surface area contributed by atoms with E-state index < -0.39 is 0 Å². The van der Waals surface area contributed by atoms with Crippen LogP contribution in [0.15, 0.2) is 24.3 Å². The maximum atomic E-state index is 12.6. The predicted octanol–water partition coefficient (Wildman–Crippen LogP) is 1.80. The second-order valence-corrected chi connectivity index (χ2v) is 4.21. The van der Waals surface area contributed by atoms with Crippen LogP contribution in [-0.2, 0) is 6.54 Å². The molecular formula is C12H17FN2. The molecule has 0 aromatic heterocycles. The molecule has 0 saturated heterocycles. The minimum absolute atomic E-state index is 0.184. The molecule has 2 rings (SSSR count). The first-order valence-corrected chi connectivity index (χ1v) is 5.49. The molecule has 1 aromatic carbocycles. The van der Waals surface area contributed by atoms with Crippen molar-refractivity contribution in [2.45, 2.75) is 37.9 Å². The van der Waals surface area contributed by atoms with Crippen LogP contribution in [0.1, 0.15) is 24.8 Å². The molecule has 0 bridgehead atoms. The number of hydrogen-bond acceptors (Lipinski definition) is 2. The summed E-state index contributed by atoms with van der Waals surface area (Å²) in [6.45, 7) is 0.776. The average Bonchev–Trinajstić information content (AvgIpc) is 2.63. The van der Waals surface area contributed by atoms with Gasteiger partial charge in [-0.05, 0) is 30.5 Å². The van der Waals surface area contributed by atoms with Crippen LogP contribution in [0.5, 0.6) is 0 Å². The minimum Gasteiger partial charge on any atom is -0.326 e. The second kappa shape index (κ2) is 4.73. The van der Waals surface area contributed by atoms with Gasteiger partial charge in [-0.2, -0.15) is 0 Å². The fourth-order valence-electron chi connectivity index (χ4n) is 2.09. The van der Waals surface area contributed by atoms with Gasteiger partial charge in [0.2, 0.25) is 0 Å². The third kappa shape index (κ3) is 2.76. The van der Waals surface area contributed by atoms with E-state index in [1.807, 2.05) is 12.1 Å². The Hall–Kier alpha value is -0.930. The van der Waals surface area contributed by atoms with E-state index in [9.17, 15) is 4.39 Å². The largest absolute Gasteiger partial charge is 0.326 e. The summed E-state index contributed by atoms with van der Waals surface area (Å²) in [5.41, 5.74) is 7.05. The van der Waals surface area contributed by atoms with Gasteiger partial charge in [0.05, 0.1) is 0 Å². The van der Waals surface area contributed by atoms with E-state index in [1.165, 1.54) is 18.6 Å². The summed E-state index contributed by atoms with van der Waals surface area (Å²) in [4.78, 5) is 0. The van der Waals surface area contributed by atoms with Gasteiger partial charge in [-0.1, -0.05) is 18.6 Å². The van der Waals surface area contributed by atoms with Crippen molar-refractivity contribution in [1.82, 2.24) is 5.32 Å². The molecule has 2 nitrogen and oxygen atoms in total. The van der Waals surface area contributed by atoms with Gasteiger partial charge < -0.3 is 11.1 Å². The van der Waals surface area contributed by atoms with Gasteiger partial charge >= 0.3 is 0 Å². The molecule has 15 heavy (non-hydrogen) atoms. The minimum atomic E-state index is -0.184. The first-order valence-electron chi connectivity index (χ1n) is 5.49. The third-order valence-corrected chi connectivity index (χ3v) is 3.05. The van der Waals surface area contributed by atoms with E-state index in [-0.39, 0.29) is 11.9 Å². The van der Waals surface area contributed by atoms with Gasteiger partial charge in [0, 0.05) is 18.6 Å². The van der Waals surface area contributed by atoms with Gasteiger partial charge in [-0.15, -0.1) is 0 Å². The van der Waals surface area contributed by atoms with Crippen LogP contribution in [0.2, 0.25) is 0 Å². The SMILES string of the molecule is NC1CCCC1NCc1ccc(F)cc1. The Balaban J connectivity index is 1.85. The quantitative estimate of drug-likeness (QED) is 0.794. The van der Waals surface area contributed by atoms with E-state index in [4.69, 9.17) is 5.73 Å². The van der Waals surface area contributed by atoms with E-state index in [0.29, 0.717) is 6.04 Å². The zero-order chi connectivity index (χ0) is 10.7. The Kier molecular flexibility index (Phi) is 3.34. The van der Waals surface area contributed by atoms with Crippen molar-refractivity contribution in [3.63, 3.8) is 0 Å². The second-order valence-electron chi connectivity index (χ2n) is 4.21. The summed E-state index contributed by atoms with van der Waals surface area (Å²) in [5, 5.41) is 3.42. The summed E-state index contributed by atoms with van der Waals surface area (Å²) in [7, 11) is 0. The highest BCUT2D eigenvalue weighted by Crippen LogP contribution is 2.17. The average molecular weight is 208 g/mol. The van der Waals surface area contributed by atoms with Crippen LogP contribution in [-0.4, -0.2) is 12.1 Å². The summed E-state index contributed by atoms with van der Waals surface area (Å²) in [6.07, 6.45) is 3.48. The number of hydrogen-bond donors (Lipinski definition) is 2. The zero-order valence-corrected chi connectivity index (χ0v) is 8.75. The maximum absolute atomic E-state index is 12.6. The molecule has 2 unspecified atom stereocenters. The molecule has 82 valence electrons. The highest BCUT2D eigenvalue weighted by atomic mass is 19.1. The Morgan fingerprint density at radius 3 is 2.60 bits per heavy atom. The van der Waals surface area contributed by atoms with E-state index >= 15 is 0 Å². The Morgan fingerprint density at radius 2 is 2.00 bits per heavy atom. The molecule has 3 N–H and O–H groups in total. The Labute approximate surface area is 89.7 Å². The highest BCUT2D eigenvalue weighted by Gasteiger charge is 2.22. The molecule has 2 atom stereocenters. The smallest absolute Gasteiger partial charge is 0.123 e. The monoisotopic (exact) mass is 208 g/mol. The van der Waals surface area contributed by atoms with E-state index in [2.05, 4.69) is 5.32 Å². The first kappa shape index (κ1) is 10.6. The van der Waals surface area contributed by atoms with Crippen LogP contribution in [0.3, 0.4) is 0 Å². The molecular weight excluding hydrogens is 191 g/mol. The standard InChI is InChI=1S/C12H17FN2/c13-10-6-4-9(5-7-10)8-15-12-3-1-2-11(12)14/h4-7,11-12,15H,1-3,8,14H2. The lowest BCUT2D eigenvalue weighted by atomic mass is 10.1. The summed E-state index contributed by atoms with van der Waals surface area (Å²) >= 11 is 0. The van der Waals surface area contributed by atoms with E-state index in [0.717, 1.165) is 24.9 Å². The molecule has 1 aliphatic carbocycles. The lowest BCUT2D eigenvalue weighted by Gasteiger charge is -2.17. The van der Waals surface area contributed by atoms with Crippen LogP contribution in [0, 0.1) is 5.82 Å². The lowest BCUT2D eigenvalue weighted by Crippen LogP contribution is -2.40. The van der Waals surface area contributed by atoms with Crippen LogP contribution in [0.25, 0.3) is 0 Å². The van der Waals surface area contributed by atoms with Crippen molar-refractivity contribution < 1.29 is 4.39 Å². The Morgan fingerprint density at radius 1 is 1.27 bits per heavy atom. The van der Waals surface area contributed by atoms with Gasteiger partial charge in [0.15, 0.2) is 0 Å². The molecule has 0 aliphatic heterocycles. The topological polar surface area (TPSA) is 38.0 Å². The molecule has 1 aliphatic rings. The molecule has 1 saturated carbocycles. The molecule has 0 radical (unpaired) electrons. The summed E-state index contributed by atoms with van der Waals surface area (Å²) in [6, 6.07) is 7.31. The van der Waals surface area contributed by atoms with Crippen LogP contribution < -0.4 is 11.1 Å². The Bertz CT molecular complexity index is 310. The van der Waals surface area contributed by atoms with Gasteiger partial charge in [-0.3, -0.25) is 0 Å². The van der Waals surface area contributed by atoms with Crippen molar-refractivity contribution in [2.24, 2.45) is 5.73 Å². The van der Waals surface area contributed by atoms with Crippen molar-refractivity contribution in [1.29, 1.82) is 0 Å². The number of benzene rings is 1. The number of rotatable bonds is 3. The van der Waals surface area contributed by atoms with Gasteiger partial charge in [0.25, 0.3) is 0 Å². The highest BCUT2D eigenvalue weighted by molar-refractivity contribution is 5.15. The molecule has 0 spiro atoms. The zero-order valence-electron chi connectivity index (χ0n) is 8.75. The normalized spacial score (nSPS) is 25.7. The van der Waals surface area contributed by atoms with Crippen molar-refractivity contribution in [2.75, 3.05) is 0 Å². The molecule has 3 heteroatoms. The van der Waals surface area contributed by atoms with E-state index in [1.54, 1.807) is 0 Å². The molecule has 1 fully saturated rings. The van der Waals surface area contributed by atoms with Crippen molar-refractivity contribution in [3.05, 3.63) is 35.6 Å². The fourth-order valence-corrected chi connectivity index (χ4v) is 2.09. The van der Waals surface area contributed by atoms with Crippen molar-refractivity contribution >= 4 is 0 Å². The summed E-state index contributed by atoms with van der Waals surface area (Å²) in [5.74, 6) is -0.184. The van der Waals surface area contributed by atoms with Gasteiger partial charge in [-0.25, -0.2) is 4.39 Å². The molecule has 0 heterocycles. The number of halogens is 1. The van der Waals surface area contributed by atoms with Crippen LogP contribution >= 0.6 is 0 Å². The lowest BCUT2D eigenvalue weighted by molar-refractivity contribution is 0.475.